The van der Waals surface area contributed by atoms with E-state index in [4.69, 9.17) is 10.6 Å². The number of carboxylic acid groups (broad SMARTS) is 1. The smallest absolute Gasteiger partial charge is 0.352 e. The van der Waals surface area contributed by atoms with Crippen molar-refractivity contribution in [2.75, 3.05) is 45.3 Å². The Morgan fingerprint density at radius 2 is 2.16 bits per heavy atom. The van der Waals surface area contributed by atoms with Gasteiger partial charge in [0.25, 0.3) is 11.8 Å². The number of nitrogen functional groups attached to an aromatic ring is 1. The van der Waals surface area contributed by atoms with Gasteiger partial charge >= 0.3 is 5.97 Å². The number of aliphatic carboxylic acids is 1. The Balaban J connectivity index is 1.52. The van der Waals surface area contributed by atoms with E-state index < -0.39 is 29.2 Å². The molecule has 2 amide bonds. The van der Waals surface area contributed by atoms with Gasteiger partial charge in [-0.1, -0.05) is 5.16 Å². The predicted octanol–water partition coefficient (Wildman–Crippen LogP) is 0.0548. The molecule has 4 N–H and O–H groups in total. The van der Waals surface area contributed by atoms with Crippen molar-refractivity contribution in [1.82, 2.24) is 15.2 Å². The molecule has 0 radical (unpaired) electrons. The molecule has 0 aliphatic carbocycles. The lowest BCUT2D eigenvalue weighted by Crippen LogP contribution is -2.71. The SMILES string of the molecule is CO/N=C(/C(=O)N[C@@H]1C(=O)N2C(C(=O)O)=C(C[N+]3(C)CCCC3)CS[C@H]12)c1csc(N)n1. The summed E-state index contributed by atoms with van der Waals surface area (Å²) < 4.78 is 0.785. The zero-order chi connectivity index (χ0) is 23.0. The number of amides is 2. The molecule has 0 saturated carbocycles. The van der Waals surface area contributed by atoms with Crippen LogP contribution in [0, 0.1) is 0 Å². The molecule has 3 aliphatic heterocycles. The molecule has 3 aliphatic rings. The van der Waals surface area contributed by atoms with Crippen LogP contribution in [0.4, 0.5) is 5.13 Å². The van der Waals surface area contributed by atoms with E-state index in [2.05, 4.69) is 22.5 Å². The number of aromatic nitrogens is 1. The number of carbonyl (C=O) groups excluding carboxylic acids is 2. The largest absolute Gasteiger partial charge is 0.477 e. The minimum Gasteiger partial charge on any atom is -0.477 e. The highest BCUT2D eigenvalue weighted by Gasteiger charge is 2.55. The summed E-state index contributed by atoms with van der Waals surface area (Å²) in [6, 6.07) is -0.863. The minimum atomic E-state index is -1.12. The second kappa shape index (κ2) is 8.71. The average molecular weight is 482 g/mol. The van der Waals surface area contributed by atoms with Crippen molar-refractivity contribution in [1.29, 1.82) is 0 Å². The molecule has 0 spiro atoms. The van der Waals surface area contributed by atoms with E-state index in [-0.39, 0.29) is 22.2 Å². The lowest BCUT2D eigenvalue weighted by molar-refractivity contribution is -0.893. The number of nitrogens with two attached hydrogens (primary N) is 1. The average Bonchev–Trinajstić information content (AvgIpc) is 3.37. The summed E-state index contributed by atoms with van der Waals surface area (Å²) in [4.78, 5) is 47.9. The lowest BCUT2D eigenvalue weighted by Gasteiger charge is -2.49. The first-order chi connectivity index (χ1) is 15.2. The van der Waals surface area contributed by atoms with Crippen LogP contribution in [-0.4, -0.2) is 93.9 Å². The molecule has 1 aromatic heterocycles. The molecular weight excluding hydrogens is 456 g/mol. The molecule has 2 saturated heterocycles. The number of anilines is 1. The number of hydrogen-bond acceptors (Lipinski definition) is 9. The molecule has 172 valence electrons. The Labute approximate surface area is 192 Å². The summed E-state index contributed by atoms with van der Waals surface area (Å²) in [5, 5.41) is 17.6. The summed E-state index contributed by atoms with van der Waals surface area (Å²) in [6.45, 7) is 2.61. The normalized spacial score (nSPS) is 24.8. The third kappa shape index (κ3) is 4.07. The number of carbonyl (C=O) groups is 3. The number of carboxylic acids is 1. The predicted molar refractivity (Wildman–Crippen MR) is 120 cm³/mol. The highest BCUT2D eigenvalue weighted by atomic mass is 32.2. The molecule has 13 heteroatoms. The number of hydrogen-bond donors (Lipinski definition) is 3. The van der Waals surface area contributed by atoms with Gasteiger partial charge in [-0.2, -0.15) is 0 Å². The summed E-state index contributed by atoms with van der Waals surface area (Å²) in [5.41, 5.74) is 6.59. The van der Waals surface area contributed by atoms with Gasteiger partial charge in [-0.25, -0.2) is 9.78 Å². The molecule has 32 heavy (non-hydrogen) atoms. The van der Waals surface area contributed by atoms with Crippen molar-refractivity contribution in [3.63, 3.8) is 0 Å². The zero-order valence-corrected chi connectivity index (χ0v) is 19.4. The second-order valence-electron chi connectivity index (χ2n) is 8.24. The molecule has 2 atom stereocenters. The zero-order valence-electron chi connectivity index (χ0n) is 17.7. The van der Waals surface area contributed by atoms with Crippen molar-refractivity contribution < 1.29 is 28.8 Å². The molecule has 4 rings (SSSR count). The first kappa shape index (κ1) is 22.6. The topological polar surface area (TPSA) is 147 Å². The van der Waals surface area contributed by atoms with Crippen molar-refractivity contribution in [3.05, 3.63) is 22.3 Å². The number of fused-ring (bicyclic) bond motifs is 1. The molecule has 0 unspecified atom stereocenters. The fourth-order valence-electron chi connectivity index (χ4n) is 4.42. The summed E-state index contributed by atoms with van der Waals surface area (Å²) in [7, 11) is 3.42. The highest BCUT2D eigenvalue weighted by molar-refractivity contribution is 8.00. The van der Waals surface area contributed by atoms with Gasteiger partial charge in [0.15, 0.2) is 10.8 Å². The Hall–Kier alpha value is -2.64. The van der Waals surface area contributed by atoms with Crippen LogP contribution in [0.3, 0.4) is 0 Å². The van der Waals surface area contributed by atoms with Crippen molar-refractivity contribution >= 4 is 51.7 Å². The van der Waals surface area contributed by atoms with Crippen LogP contribution in [0.25, 0.3) is 0 Å². The maximum absolute atomic E-state index is 12.9. The molecule has 4 heterocycles. The van der Waals surface area contributed by atoms with Crippen molar-refractivity contribution in [3.8, 4) is 0 Å². The molecule has 1 aromatic rings. The van der Waals surface area contributed by atoms with Gasteiger partial charge in [-0.3, -0.25) is 14.5 Å². The Bertz CT molecular complexity index is 1020. The van der Waals surface area contributed by atoms with Gasteiger partial charge in [0.05, 0.1) is 20.1 Å². The number of likely N-dealkylation sites (N-methyl/N-ethyl adjacent to an activating group) is 1. The number of thioether (sulfide) groups is 1. The number of β-lactam (4-membered cyclic amide) rings is 1. The number of nitrogens with zero attached hydrogens (tertiary/aromatic N) is 4. The van der Waals surface area contributed by atoms with Crippen LogP contribution < -0.4 is 11.1 Å². The first-order valence-electron chi connectivity index (χ1n) is 10.1. The molecule has 0 aromatic carbocycles. The molecule has 2 fully saturated rings. The van der Waals surface area contributed by atoms with E-state index in [1.807, 2.05) is 0 Å². The standard InChI is InChI=1S/C19H24N6O5S2/c1-25(5-3-4-6-25)7-10-8-31-17-13(16(27)24(17)14(10)18(28)29)22-15(26)12(23-30-2)11-9-32-19(20)21-11/h9,13,17H,3-8H2,1-2H3,(H3-,20,21,22,26,28,29)/p+1/b23-12+/t13-,17-/m1/s1. The molecule has 0 bridgehead atoms. The fraction of sp³-hybridized carbons (Fsp3) is 0.526. The molecule has 11 nitrogen and oxygen atoms in total. The van der Waals surface area contributed by atoms with Crippen LogP contribution in [-0.2, 0) is 19.2 Å². The number of likely N-dealkylation sites (tertiary alicyclic amines) is 1. The number of oxime groups is 1. The molecular formula is C19H25N6O5S2+. The van der Waals surface area contributed by atoms with Crippen LogP contribution in [0.15, 0.2) is 21.8 Å². The number of nitrogens with one attached hydrogen (secondary N) is 1. The Morgan fingerprint density at radius 3 is 2.75 bits per heavy atom. The van der Waals surface area contributed by atoms with E-state index in [0.29, 0.717) is 12.3 Å². The number of quaternary nitrogens is 1. The van der Waals surface area contributed by atoms with E-state index in [0.717, 1.165) is 47.3 Å². The third-order valence-electron chi connectivity index (χ3n) is 5.92. The Kier molecular flexibility index (Phi) is 6.14. The van der Waals surface area contributed by atoms with Crippen LogP contribution in [0.1, 0.15) is 18.5 Å². The van der Waals surface area contributed by atoms with E-state index in [9.17, 15) is 19.5 Å². The summed E-state index contributed by atoms with van der Waals surface area (Å²) >= 11 is 2.61. The van der Waals surface area contributed by atoms with Gasteiger partial charge in [0.2, 0.25) is 0 Å². The van der Waals surface area contributed by atoms with E-state index in [1.54, 1.807) is 5.38 Å². The van der Waals surface area contributed by atoms with E-state index >= 15 is 0 Å². The Morgan fingerprint density at radius 1 is 1.44 bits per heavy atom. The van der Waals surface area contributed by atoms with Gasteiger partial charge in [-0.15, -0.1) is 23.1 Å². The number of rotatable bonds is 7. The van der Waals surface area contributed by atoms with Crippen LogP contribution in [0.2, 0.25) is 0 Å². The maximum Gasteiger partial charge on any atom is 0.352 e. The van der Waals surface area contributed by atoms with Gasteiger partial charge in [-0.05, 0) is 0 Å². The highest BCUT2D eigenvalue weighted by Crippen LogP contribution is 2.41. The van der Waals surface area contributed by atoms with Crippen LogP contribution in [0.5, 0.6) is 0 Å². The number of thiazole rings is 1. The quantitative estimate of drug-likeness (QED) is 0.214. The second-order valence-corrected chi connectivity index (χ2v) is 10.2. The maximum atomic E-state index is 12.9. The van der Waals surface area contributed by atoms with E-state index in [1.165, 1.54) is 23.8 Å². The monoisotopic (exact) mass is 481 g/mol. The summed E-state index contributed by atoms with van der Waals surface area (Å²) in [5.74, 6) is -1.71. The lowest BCUT2D eigenvalue weighted by atomic mass is 10.0. The van der Waals surface area contributed by atoms with Gasteiger partial charge in [0, 0.05) is 29.5 Å². The summed E-state index contributed by atoms with van der Waals surface area (Å²) in [6.07, 6.45) is 2.24. The fourth-order valence-corrected chi connectivity index (χ4v) is 6.31. The first-order valence-corrected chi connectivity index (χ1v) is 12.0. The van der Waals surface area contributed by atoms with Crippen molar-refractivity contribution in [2.24, 2.45) is 5.16 Å². The van der Waals surface area contributed by atoms with Crippen molar-refractivity contribution in [2.45, 2.75) is 24.3 Å². The van der Waals surface area contributed by atoms with Gasteiger partial charge < -0.3 is 25.5 Å². The third-order valence-corrected chi connectivity index (χ3v) is 7.93. The minimum absolute atomic E-state index is 0.0496. The van der Waals surface area contributed by atoms with Gasteiger partial charge in [0.1, 0.15) is 36.5 Å². The van der Waals surface area contributed by atoms with Crippen LogP contribution >= 0.6 is 23.1 Å².